The number of carbonyl (C=O) groups excluding carboxylic acids is 1. The number of amides is 2. The van der Waals surface area contributed by atoms with Crippen LogP contribution < -0.4 is 16.4 Å². The van der Waals surface area contributed by atoms with Crippen molar-refractivity contribution in [2.75, 3.05) is 16.4 Å². The zero-order valence-corrected chi connectivity index (χ0v) is 11.4. The number of rotatable bonds is 2. The van der Waals surface area contributed by atoms with Crippen LogP contribution in [-0.2, 0) is 0 Å². The normalized spacial score (nSPS) is 10.4. The Labute approximate surface area is 120 Å². The molecule has 0 aliphatic rings. The van der Waals surface area contributed by atoms with Gasteiger partial charge >= 0.3 is 6.03 Å². The molecule has 0 spiro atoms. The summed E-state index contributed by atoms with van der Waals surface area (Å²) in [7, 11) is 0. The highest BCUT2D eigenvalue weighted by Crippen LogP contribution is 2.24. The fourth-order valence-corrected chi connectivity index (χ4v) is 2.68. The molecular formula is C15H13N3OS. The van der Waals surface area contributed by atoms with E-state index in [1.54, 1.807) is 35.6 Å². The lowest BCUT2D eigenvalue weighted by Gasteiger charge is -2.08. The zero-order valence-electron chi connectivity index (χ0n) is 10.6. The highest BCUT2D eigenvalue weighted by molar-refractivity contribution is 7.17. The first-order chi connectivity index (χ1) is 9.70. The minimum Gasteiger partial charge on any atom is -0.399 e. The molecule has 3 aromatic rings. The lowest BCUT2D eigenvalue weighted by Crippen LogP contribution is -2.19. The van der Waals surface area contributed by atoms with Gasteiger partial charge in [-0.3, -0.25) is 0 Å². The lowest BCUT2D eigenvalue weighted by molar-refractivity contribution is 0.262. The van der Waals surface area contributed by atoms with E-state index in [2.05, 4.69) is 10.6 Å². The molecule has 0 bridgehead atoms. The van der Waals surface area contributed by atoms with Crippen LogP contribution in [0, 0.1) is 0 Å². The predicted molar refractivity (Wildman–Crippen MR) is 85.3 cm³/mol. The fraction of sp³-hybridized carbons (Fsp3) is 0. The average molecular weight is 283 g/mol. The standard InChI is InChI=1S/C15H13N3OS/c16-11-1-3-12(4-2-11)17-15(19)18-13-5-6-14-10(9-13)7-8-20-14/h1-9H,16H2,(H2,17,18,19). The Bertz CT molecular complexity index is 749. The van der Waals surface area contributed by atoms with E-state index in [1.165, 1.54) is 4.70 Å². The molecule has 20 heavy (non-hydrogen) atoms. The smallest absolute Gasteiger partial charge is 0.323 e. The molecule has 0 aliphatic carbocycles. The quantitative estimate of drug-likeness (QED) is 0.619. The Balaban J connectivity index is 1.70. The second-order valence-corrected chi connectivity index (χ2v) is 5.32. The molecule has 4 N–H and O–H groups in total. The van der Waals surface area contributed by atoms with Gasteiger partial charge in [-0.15, -0.1) is 11.3 Å². The van der Waals surface area contributed by atoms with Gasteiger partial charge in [-0.25, -0.2) is 4.79 Å². The lowest BCUT2D eigenvalue weighted by atomic mass is 10.2. The van der Waals surface area contributed by atoms with E-state index >= 15 is 0 Å². The van der Waals surface area contributed by atoms with Crippen LogP contribution in [0.2, 0.25) is 0 Å². The fourth-order valence-electron chi connectivity index (χ4n) is 1.90. The van der Waals surface area contributed by atoms with Crippen molar-refractivity contribution in [2.45, 2.75) is 0 Å². The molecule has 3 rings (SSSR count). The first-order valence-corrected chi connectivity index (χ1v) is 6.99. The highest BCUT2D eigenvalue weighted by Gasteiger charge is 2.03. The Morgan fingerprint density at radius 1 is 0.950 bits per heavy atom. The van der Waals surface area contributed by atoms with Crippen molar-refractivity contribution in [2.24, 2.45) is 0 Å². The second-order valence-electron chi connectivity index (χ2n) is 4.37. The summed E-state index contributed by atoms with van der Waals surface area (Å²) in [5.74, 6) is 0. The second kappa shape index (κ2) is 5.22. The van der Waals surface area contributed by atoms with E-state index in [9.17, 15) is 4.79 Å². The van der Waals surface area contributed by atoms with Crippen LogP contribution in [0.4, 0.5) is 21.9 Å². The van der Waals surface area contributed by atoms with Crippen molar-refractivity contribution in [3.05, 3.63) is 53.9 Å². The summed E-state index contributed by atoms with van der Waals surface area (Å²) in [5.41, 5.74) is 7.73. The minimum absolute atomic E-state index is 0.274. The van der Waals surface area contributed by atoms with Gasteiger partial charge in [0.05, 0.1) is 0 Å². The largest absolute Gasteiger partial charge is 0.399 e. The van der Waals surface area contributed by atoms with Crippen molar-refractivity contribution < 1.29 is 4.79 Å². The van der Waals surface area contributed by atoms with Crippen molar-refractivity contribution >= 4 is 44.5 Å². The van der Waals surface area contributed by atoms with Crippen molar-refractivity contribution in [1.29, 1.82) is 0 Å². The van der Waals surface area contributed by atoms with E-state index in [0.29, 0.717) is 11.4 Å². The minimum atomic E-state index is -0.274. The molecule has 0 aliphatic heterocycles. The molecule has 5 heteroatoms. The van der Waals surface area contributed by atoms with Crippen LogP contribution in [0.1, 0.15) is 0 Å². The Morgan fingerprint density at radius 2 is 1.65 bits per heavy atom. The highest BCUT2D eigenvalue weighted by atomic mass is 32.1. The summed E-state index contributed by atoms with van der Waals surface area (Å²) >= 11 is 1.68. The molecule has 100 valence electrons. The SMILES string of the molecule is Nc1ccc(NC(=O)Nc2ccc3sccc3c2)cc1. The van der Waals surface area contributed by atoms with Gasteiger partial charge in [-0.1, -0.05) is 0 Å². The summed E-state index contributed by atoms with van der Waals surface area (Å²) in [4.78, 5) is 11.9. The van der Waals surface area contributed by atoms with Crippen LogP contribution in [0.15, 0.2) is 53.9 Å². The molecule has 0 saturated carbocycles. The summed E-state index contributed by atoms with van der Waals surface area (Å²) in [5, 5.41) is 8.72. The number of anilines is 3. The van der Waals surface area contributed by atoms with Gasteiger partial charge in [-0.2, -0.15) is 0 Å². The van der Waals surface area contributed by atoms with Gasteiger partial charge in [0.2, 0.25) is 0 Å². The maximum absolute atomic E-state index is 11.9. The summed E-state index contributed by atoms with van der Waals surface area (Å²) < 4.78 is 1.20. The number of fused-ring (bicyclic) bond motifs is 1. The average Bonchev–Trinajstić information content (AvgIpc) is 2.89. The molecule has 0 unspecified atom stereocenters. The third-order valence-corrected chi connectivity index (χ3v) is 3.78. The van der Waals surface area contributed by atoms with Crippen molar-refractivity contribution in [3.63, 3.8) is 0 Å². The molecule has 1 aromatic heterocycles. The third-order valence-electron chi connectivity index (χ3n) is 2.88. The van der Waals surface area contributed by atoms with E-state index < -0.39 is 0 Å². The molecule has 2 amide bonds. The maximum Gasteiger partial charge on any atom is 0.323 e. The number of nitrogens with one attached hydrogen (secondary N) is 2. The molecule has 4 nitrogen and oxygen atoms in total. The summed E-state index contributed by atoms with van der Waals surface area (Å²) in [6.45, 7) is 0. The monoisotopic (exact) mass is 283 g/mol. The van der Waals surface area contributed by atoms with Gasteiger partial charge in [0.15, 0.2) is 0 Å². The Morgan fingerprint density at radius 3 is 2.45 bits per heavy atom. The van der Waals surface area contributed by atoms with Crippen LogP contribution in [-0.4, -0.2) is 6.03 Å². The number of nitrogens with two attached hydrogens (primary N) is 1. The van der Waals surface area contributed by atoms with Gasteiger partial charge in [0.1, 0.15) is 0 Å². The molecule has 0 saturated heterocycles. The number of carbonyl (C=O) groups is 1. The van der Waals surface area contributed by atoms with E-state index in [0.717, 1.165) is 11.1 Å². The third kappa shape index (κ3) is 2.73. The number of nitrogen functional groups attached to an aromatic ring is 1. The number of urea groups is 1. The molecule has 0 atom stereocenters. The molecule has 0 radical (unpaired) electrons. The van der Waals surface area contributed by atoms with Crippen LogP contribution in [0.5, 0.6) is 0 Å². The zero-order chi connectivity index (χ0) is 13.9. The predicted octanol–water partition coefficient (Wildman–Crippen LogP) is 4.13. The van der Waals surface area contributed by atoms with Crippen molar-refractivity contribution in [1.82, 2.24) is 0 Å². The first kappa shape index (κ1) is 12.5. The molecule has 1 heterocycles. The number of hydrogen-bond donors (Lipinski definition) is 3. The summed E-state index contributed by atoms with van der Waals surface area (Å²) in [6, 6.07) is 14.6. The van der Waals surface area contributed by atoms with Crippen molar-refractivity contribution in [3.8, 4) is 0 Å². The molecule has 2 aromatic carbocycles. The summed E-state index contributed by atoms with van der Waals surface area (Å²) in [6.07, 6.45) is 0. The number of benzene rings is 2. The Kier molecular flexibility index (Phi) is 3.26. The Hall–Kier alpha value is -2.53. The van der Waals surface area contributed by atoms with Gasteiger partial charge in [0.25, 0.3) is 0 Å². The maximum atomic E-state index is 11.9. The van der Waals surface area contributed by atoms with E-state index in [4.69, 9.17) is 5.73 Å². The van der Waals surface area contributed by atoms with Crippen LogP contribution in [0.25, 0.3) is 10.1 Å². The van der Waals surface area contributed by atoms with E-state index in [1.807, 2.05) is 29.6 Å². The number of thiophene rings is 1. The molecule has 0 fully saturated rings. The van der Waals surface area contributed by atoms with E-state index in [-0.39, 0.29) is 6.03 Å². The van der Waals surface area contributed by atoms with Crippen LogP contribution >= 0.6 is 11.3 Å². The first-order valence-electron chi connectivity index (χ1n) is 6.11. The van der Waals surface area contributed by atoms with Gasteiger partial charge < -0.3 is 16.4 Å². The van der Waals surface area contributed by atoms with Crippen LogP contribution in [0.3, 0.4) is 0 Å². The van der Waals surface area contributed by atoms with Gasteiger partial charge in [-0.05, 0) is 59.3 Å². The topological polar surface area (TPSA) is 67.1 Å². The number of hydrogen-bond acceptors (Lipinski definition) is 3. The molecular weight excluding hydrogens is 270 g/mol. The van der Waals surface area contributed by atoms with Gasteiger partial charge in [0, 0.05) is 21.8 Å².